The van der Waals surface area contributed by atoms with Crippen molar-refractivity contribution >= 4 is 81.2 Å². The van der Waals surface area contributed by atoms with Crippen LogP contribution in [0.15, 0.2) is 54.1 Å². The fourth-order valence-electron chi connectivity index (χ4n) is 7.05. The number of alkyl halides is 2. The number of nitrogens with zero attached hydrogens (tertiary/aromatic N) is 2. The third-order valence-corrected chi connectivity index (χ3v) is 11.3. The van der Waals surface area contributed by atoms with E-state index in [4.69, 9.17) is 32.7 Å². The number of rotatable bonds is 5. The second-order valence-corrected chi connectivity index (χ2v) is 13.7. The molecule has 2 aliphatic carbocycles. The monoisotopic (exact) mass is 736 g/mol. The molecule has 3 fully saturated rings. The molecule has 4 aliphatic rings. The Labute approximate surface area is 271 Å². The lowest BCUT2D eigenvalue weighted by Gasteiger charge is -2.49. The van der Waals surface area contributed by atoms with Gasteiger partial charge in [0.1, 0.15) is 0 Å². The molecular formula is C31H27Cl2IN2O7. The molecule has 12 heteroatoms. The summed E-state index contributed by atoms with van der Waals surface area (Å²) in [6, 6.07) is 10.3. The van der Waals surface area contributed by atoms with E-state index in [1.165, 1.54) is 26.2 Å². The van der Waals surface area contributed by atoms with Crippen molar-refractivity contribution in [2.75, 3.05) is 26.2 Å². The summed E-state index contributed by atoms with van der Waals surface area (Å²) in [4.78, 5) is 53.3. The van der Waals surface area contributed by atoms with Crippen LogP contribution in [0.2, 0.25) is 0 Å². The minimum Gasteiger partial charge on any atom is -0.502 e. The molecule has 43 heavy (non-hydrogen) atoms. The number of hydrogen-bond acceptors (Lipinski definition) is 7. The molecule has 1 saturated carbocycles. The highest BCUT2D eigenvalue weighted by Crippen LogP contribution is 2.63. The molecule has 6 rings (SSSR count). The lowest BCUT2D eigenvalue weighted by Crippen LogP contribution is -2.60. The van der Waals surface area contributed by atoms with Crippen molar-refractivity contribution in [2.24, 2.45) is 23.7 Å². The number of likely N-dealkylation sites (tertiary alicyclic amines) is 1. The first-order valence-electron chi connectivity index (χ1n) is 13.6. The highest BCUT2D eigenvalue weighted by molar-refractivity contribution is 14.1. The van der Waals surface area contributed by atoms with E-state index in [2.05, 4.69) is 22.6 Å². The maximum atomic E-state index is 14.0. The van der Waals surface area contributed by atoms with Gasteiger partial charge in [0.05, 0.1) is 31.7 Å². The standard InChI is InChI=1S/C31H27Cl2IN2O7/c1-35-28(40)30(32)14-20-18(9-10-19-24(20)27(39)36(26(19)38)17-7-5-16(34)6-8-17)21(31(30,33)29(35)41)11-4-15-12-22(42-2)25(37)23(13-15)43-3/h4-9,11-13,19-21,24,37H,10,14H2,1-3H3. The Morgan fingerprint density at radius 1 is 0.977 bits per heavy atom. The second kappa shape index (κ2) is 10.5. The van der Waals surface area contributed by atoms with Crippen molar-refractivity contribution < 1.29 is 33.8 Å². The van der Waals surface area contributed by atoms with Crippen molar-refractivity contribution in [1.82, 2.24) is 4.90 Å². The molecule has 2 heterocycles. The minimum absolute atomic E-state index is 0.0787. The highest BCUT2D eigenvalue weighted by Gasteiger charge is 2.75. The van der Waals surface area contributed by atoms with E-state index in [0.717, 1.165) is 8.47 Å². The van der Waals surface area contributed by atoms with Gasteiger partial charge < -0.3 is 14.6 Å². The van der Waals surface area contributed by atoms with Gasteiger partial charge in [-0.2, -0.15) is 0 Å². The zero-order chi connectivity index (χ0) is 31.0. The molecule has 2 aromatic carbocycles. The van der Waals surface area contributed by atoms with Gasteiger partial charge >= 0.3 is 0 Å². The zero-order valence-corrected chi connectivity index (χ0v) is 27.0. The number of halogens is 3. The number of phenolic OH excluding ortho intramolecular Hbond substituents is 1. The number of hydrogen-bond donors (Lipinski definition) is 1. The molecule has 224 valence electrons. The van der Waals surface area contributed by atoms with Gasteiger partial charge in [0.25, 0.3) is 11.8 Å². The van der Waals surface area contributed by atoms with Gasteiger partial charge in [0, 0.05) is 16.5 Å². The Balaban J connectivity index is 1.46. The second-order valence-electron chi connectivity index (χ2n) is 11.2. The maximum absolute atomic E-state index is 14.0. The number of methoxy groups -OCH3 is 2. The van der Waals surface area contributed by atoms with Gasteiger partial charge in [-0.3, -0.25) is 29.0 Å². The SMILES string of the molecule is COc1cc(C=CC2C3=CCC4C(=O)N(c5ccc(I)cc5)C(=O)C4C3CC3(Cl)C(=O)N(C)C(=O)C23Cl)cc(OC)c1O. The third-order valence-electron chi connectivity index (χ3n) is 9.14. The number of carbonyl (C=O) groups is 4. The first-order chi connectivity index (χ1) is 20.4. The van der Waals surface area contributed by atoms with Crippen molar-refractivity contribution in [3.8, 4) is 17.2 Å². The number of amides is 4. The molecule has 2 saturated heterocycles. The topological polar surface area (TPSA) is 113 Å². The average molecular weight is 737 g/mol. The van der Waals surface area contributed by atoms with Crippen LogP contribution in [0, 0.1) is 27.2 Å². The summed E-state index contributed by atoms with van der Waals surface area (Å²) in [7, 11) is 4.16. The van der Waals surface area contributed by atoms with Crippen LogP contribution in [0.4, 0.5) is 5.69 Å². The van der Waals surface area contributed by atoms with Crippen LogP contribution in [0.25, 0.3) is 6.08 Å². The van der Waals surface area contributed by atoms with Gasteiger partial charge in [-0.05, 0) is 83.3 Å². The number of anilines is 1. The summed E-state index contributed by atoms with van der Waals surface area (Å²) in [5.74, 6) is -4.71. The lowest BCUT2D eigenvalue weighted by molar-refractivity contribution is -0.138. The highest BCUT2D eigenvalue weighted by atomic mass is 127. The first kappa shape index (κ1) is 30.0. The molecule has 0 radical (unpaired) electrons. The normalized spacial score (nSPS) is 31.7. The van der Waals surface area contributed by atoms with Crippen molar-refractivity contribution in [1.29, 1.82) is 0 Å². The molecule has 0 spiro atoms. The van der Waals surface area contributed by atoms with Gasteiger partial charge in [-0.1, -0.05) is 23.8 Å². The summed E-state index contributed by atoms with van der Waals surface area (Å²) in [6.07, 6.45) is 5.44. The van der Waals surface area contributed by atoms with Gasteiger partial charge in [0.15, 0.2) is 21.2 Å². The van der Waals surface area contributed by atoms with Crippen LogP contribution in [0.3, 0.4) is 0 Å². The molecule has 9 nitrogen and oxygen atoms in total. The van der Waals surface area contributed by atoms with Crippen LogP contribution < -0.4 is 14.4 Å². The van der Waals surface area contributed by atoms with Crippen LogP contribution in [0.5, 0.6) is 17.2 Å². The van der Waals surface area contributed by atoms with Crippen LogP contribution in [-0.4, -0.2) is 64.7 Å². The van der Waals surface area contributed by atoms with Crippen LogP contribution >= 0.6 is 45.8 Å². The number of fused-ring (bicyclic) bond motifs is 4. The predicted octanol–water partition coefficient (Wildman–Crippen LogP) is 4.75. The molecule has 2 aromatic rings. The van der Waals surface area contributed by atoms with Crippen LogP contribution in [0.1, 0.15) is 18.4 Å². The largest absolute Gasteiger partial charge is 0.502 e. The fourth-order valence-corrected chi connectivity index (χ4v) is 8.39. The van der Waals surface area contributed by atoms with Gasteiger partial charge in [-0.25, -0.2) is 0 Å². The number of allylic oxidation sites excluding steroid dienone is 3. The van der Waals surface area contributed by atoms with Gasteiger partial charge in [0.2, 0.25) is 17.6 Å². The summed E-state index contributed by atoms with van der Waals surface area (Å²) >= 11 is 16.5. The number of benzene rings is 2. The predicted molar refractivity (Wildman–Crippen MR) is 168 cm³/mol. The number of imide groups is 2. The molecular weight excluding hydrogens is 710 g/mol. The van der Waals surface area contributed by atoms with Crippen LogP contribution in [-0.2, 0) is 19.2 Å². The van der Waals surface area contributed by atoms with E-state index in [-0.39, 0.29) is 41.9 Å². The smallest absolute Gasteiger partial charge is 0.253 e. The van der Waals surface area contributed by atoms with E-state index in [1.54, 1.807) is 36.4 Å². The Kier molecular flexibility index (Phi) is 7.33. The Morgan fingerprint density at radius 3 is 2.21 bits per heavy atom. The summed E-state index contributed by atoms with van der Waals surface area (Å²) in [5, 5.41) is 10.4. The molecule has 0 aromatic heterocycles. The molecule has 4 amide bonds. The fraction of sp³-hybridized carbons (Fsp3) is 0.355. The number of ether oxygens (including phenoxy) is 2. The van der Waals surface area contributed by atoms with Crippen molar-refractivity contribution in [3.05, 3.63) is 63.3 Å². The Morgan fingerprint density at radius 2 is 1.60 bits per heavy atom. The zero-order valence-electron chi connectivity index (χ0n) is 23.3. The molecule has 6 atom stereocenters. The maximum Gasteiger partial charge on any atom is 0.253 e. The number of carbonyl (C=O) groups excluding carboxylic acids is 4. The first-order valence-corrected chi connectivity index (χ1v) is 15.4. The Hall–Kier alpha value is -3.09. The van der Waals surface area contributed by atoms with E-state index >= 15 is 0 Å². The Bertz CT molecular complexity index is 1620. The minimum atomic E-state index is -1.88. The van der Waals surface area contributed by atoms with Crippen molar-refractivity contribution in [2.45, 2.75) is 22.6 Å². The lowest BCUT2D eigenvalue weighted by atomic mass is 9.57. The van der Waals surface area contributed by atoms with E-state index < -0.39 is 45.2 Å². The number of aromatic hydroxyl groups is 1. The number of phenols is 1. The average Bonchev–Trinajstić information content (AvgIpc) is 3.32. The third kappa shape index (κ3) is 4.16. The van der Waals surface area contributed by atoms with E-state index in [0.29, 0.717) is 16.8 Å². The molecule has 1 N–H and O–H groups in total. The summed E-state index contributed by atoms with van der Waals surface area (Å²) < 4.78 is 11.5. The quantitative estimate of drug-likeness (QED) is 0.204. The van der Waals surface area contributed by atoms with Crippen molar-refractivity contribution in [3.63, 3.8) is 0 Å². The molecule has 2 aliphatic heterocycles. The molecule has 0 bridgehead atoms. The summed E-state index contributed by atoms with van der Waals surface area (Å²) in [6.45, 7) is 0. The van der Waals surface area contributed by atoms with E-state index in [9.17, 15) is 24.3 Å². The van der Waals surface area contributed by atoms with Gasteiger partial charge in [-0.15, -0.1) is 23.2 Å². The van der Waals surface area contributed by atoms with E-state index in [1.807, 2.05) is 18.2 Å². The molecule has 6 unspecified atom stereocenters. The summed E-state index contributed by atoms with van der Waals surface area (Å²) in [5.41, 5.74) is 1.72.